The summed E-state index contributed by atoms with van der Waals surface area (Å²) in [7, 11) is -3.40. The number of ether oxygens (including phenoxy) is 1. The van der Waals surface area contributed by atoms with Crippen molar-refractivity contribution in [2.24, 2.45) is 0 Å². The smallest absolute Gasteiger partial charge is 0.229 e. The molecule has 0 radical (unpaired) electrons. The summed E-state index contributed by atoms with van der Waals surface area (Å²) in [5.74, 6) is 0.695. The van der Waals surface area contributed by atoms with E-state index in [0.717, 1.165) is 22.8 Å². The number of carbonyl (C=O) groups excluding carboxylic acids is 1. The quantitative estimate of drug-likeness (QED) is 0.501. The second-order valence-corrected chi connectivity index (χ2v) is 8.93. The highest BCUT2D eigenvalue weighted by atomic mass is 32.2. The Morgan fingerprint density at radius 3 is 2.50 bits per heavy atom. The molecule has 0 bridgehead atoms. The lowest BCUT2D eigenvalue weighted by Crippen LogP contribution is -2.27. The normalized spacial score (nSPS) is 12.3. The summed E-state index contributed by atoms with van der Waals surface area (Å²) in [5.41, 5.74) is 1.18. The van der Waals surface area contributed by atoms with Crippen molar-refractivity contribution in [3.05, 3.63) is 72.3 Å². The van der Waals surface area contributed by atoms with E-state index in [1.165, 1.54) is 0 Å². The van der Waals surface area contributed by atoms with E-state index in [-0.39, 0.29) is 11.9 Å². The molecule has 30 heavy (non-hydrogen) atoms. The fourth-order valence-corrected chi connectivity index (χ4v) is 3.88. The average Bonchev–Trinajstić information content (AvgIpc) is 2.70. The van der Waals surface area contributed by atoms with Gasteiger partial charge in [0.05, 0.1) is 24.6 Å². The molecule has 3 aromatic carbocycles. The van der Waals surface area contributed by atoms with Crippen molar-refractivity contribution >= 4 is 32.4 Å². The molecule has 3 rings (SSSR count). The maximum absolute atomic E-state index is 12.3. The lowest BCUT2D eigenvalue weighted by atomic mass is 10.1. The highest BCUT2D eigenvalue weighted by Crippen LogP contribution is 2.26. The van der Waals surface area contributed by atoms with E-state index >= 15 is 0 Å². The third-order valence-corrected chi connectivity index (χ3v) is 5.25. The predicted octanol–water partition coefficient (Wildman–Crippen LogP) is 4.25. The van der Waals surface area contributed by atoms with E-state index in [9.17, 15) is 13.2 Å². The fourth-order valence-electron chi connectivity index (χ4n) is 3.30. The summed E-state index contributed by atoms with van der Waals surface area (Å²) in [6, 6.07) is 20.6. The molecule has 0 spiro atoms. The maximum Gasteiger partial charge on any atom is 0.229 e. The van der Waals surface area contributed by atoms with E-state index in [4.69, 9.17) is 4.74 Å². The molecule has 3 aromatic rings. The van der Waals surface area contributed by atoms with Crippen LogP contribution in [0.3, 0.4) is 0 Å². The maximum atomic E-state index is 12.3. The summed E-state index contributed by atoms with van der Waals surface area (Å²) in [5, 5.41) is 5.08. The number of fused-ring (bicyclic) bond motifs is 1. The lowest BCUT2D eigenvalue weighted by molar-refractivity contribution is -0.121. The topological polar surface area (TPSA) is 84.5 Å². The van der Waals surface area contributed by atoms with E-state index in [1.54, 1.807) is 18.2 Å². The van der Waals surface area contributed by atoms with Crippen LogP contribution in [-0.4, -0.2) is 27.2 Å². The lowest BCUT2D eigenvalue weighted by Gasteiger charge is -2.18. The molecule has 1 atom stereocenters. The fraction of sp³-hybridized carbons (Fsp3) is 0.261. The molecule has 158 valence electrons. The van der Waals surface area contributed by atoms with Crippen molar-refractivity contribution in [1.29, 1.82) is 0 Å². The van der Waals surface area contributed by atoms with Gasteiger partial charge < -0.3 is 10.1 Å². The summed E-state index contributed by atoms with van der Waals surface area (Å²) in [4.78, 5) is 12.3. The molecule has 0 aliphatic heterocycles. The number of carbonyl (C=O) groups is 1. The van der Waals surface area contributed by atoms with Crippen LogP contribution < -0.4 is 14.8 Å². The van der Waals surface area contributed by atoms with E-state index < -0.39 is 10.0 Å². The minimum absolute atomic E-state index is 0.113. The van der Waals surface area contributed by atoms with Crippen molar-refractivity contribution in [3.8, 4) is 5.75 Å². The zero-order valence-electron chi connectivity index (χ0n) is 17.1. The molecular weight excluding hydrogens is 400 g/mol. The van der Waals surface area contributed by atoms with Gasteiger partial charge in [0.1, 0.15) is 5.75 Å². The number of rotatable bonds is 9. The zero-order valence-corrected chi connectivity index (χ0v) is 17.9. The van der Waals surface area contributed by atoms with E-state index in [1.807, 2.05) is 55.5 Å². The van der Waals surface area contributed by atoms with Crippen LogP contribution in [0.4, 0.5) is 5.69 Å². The Morgan fingerprint density at radius 2 is 1.70 bits per heavy atom. The molecule has 2 N–H and O–H groups in total. The molecule has 0 saturated carbocycles. The summed E-state index contributed by atoms with van der Waals surface area (Å²) < 4.78 is 31.5. The van der Waals surface area contributed by atoms with Gasteiger partial charge in [-0.15, -0.1) is 0 Å². The zero-order chi connectivity index (χ0) is 21.6. The summed E-state index contributed by atoms with van der Waals surface area (Å²) >= 11 is 0. The average molecular weight is 427 g/mol. The van der Waals surface area contributed by atoms with Gasteiger partial charge in [0, 0.05) is 11.8 Å². The van der Waals surface area contributed by atoms with Gasteiger partial charge in [0.25, 0.3) is 0 Å². The molecule has 7 heteroatoms. The molecule has 1 amide bonds. The van der Waals surface area contributed by atoms with E-state index in [2.05, 4.69) is 10.0 Å². The monoisotopic (exact) mass is 426 g/mol. The molecule has 0 aliphatic carbocycles. The second kappa shape index (κ2) is 9.63. The van der Waals surface area contributed by atoms with Crippen LogP contribution in [0.1, 0.15) is 31.4 Å². The van der Waals surface area contributed by atoms with Crippen LogP contribution in [0, 0.1) is 0 Å². The Labute approximate surface area is 177 Å². The molecule has 0 heterocycles. The molecule has 0 aliphatic rings. The molecular formula is C23H26N2O4S. The standard InChI is InChI=1S/C23H26N2O4S/c1-17(19-11-5-6-13-21(19)25-30(2,27)28)24-23(26)15-8-16-29-22-14-7-10-18-9-3-4-12-20(18)22/h3-7,9-14,17,25H,8,15-16H2,1-2H3,(H,24,26). The third-order valence-electron chi connectivity index (χ3n) is 4.66. The molecule has 0 fully saturated rings. The van der Waals surface area contributed by atoms with Gasteiger partial charge in [-0.2, -0.15) is 0 Å². The first-order valence-electron chi connectivity index (χ1n) is 9.80. The highest BCUT2D eigenvalue weighted by molar-refractivity contribution is 7.92. The van der Waals surface area contributed by atoms with Gasteiger partial charge in [-0.3, -0.25) is 9.52 Å². The SMILES string of the molecule is CC(NC(=O)CCCOc1cccc2ccccc12)c1ccccc1NS(C)(=O)=O. The summed E-state index contributed by atoms with van der Waals surface area (Å²) in [6.45, 7) is 2.26. The highest BCUT2D eigenvalue weighted by Gasteiger charge is 2.15. The Morgan fingerprint density at radius 1 is 1.00 bits per heavy atom. The minimum Gasteiger partial charge on any atom is -0.493 e. The van der Waals surface area contributed by atoms with Gasteiger partial charge in [-0.05, 0) is 36.4 Å². The Hall–Kier alpha value is -3.06. The summed E-state index contributed by atoms with van der Waals surface area (Å²) in [6.07, 6.45) is 1.99. The molecule has 0 aromatic heterocycles. The van der Waals surface area contributed by atoms with Crippen LogP contribution >= 0.6 is 0 Å². The Balaban J connectivity index is 1.51. The van der Waals surface area contributed by atoms with Crippen LogP contribution in [0.2, 0.25) is 0 Å². The first-order chi connectivity index (χ1) is 14.3. The van der Waals surface area contributed by atoms with Crippen molar-refractivity contribution in [3.63, 3.8) is 0 Å². The van der Waals surface area contributed by atoms with Crippen LogP contribution in [0.15, 0.2) is 66.7 Å². The van der Waals surface area contributed by atoms with Crippen molar-refractivity contribution < 1.29 is 17.9 Å². The Bertz CT molecular complexity index is 1120. The van der Waals surface area contributed by atoms with Crippen LogP contribution in [0.5, 0.6) is 5.75 Å². The van der Waals surface area contributed by atoms with Crippen molar-refractivity contribution in [1.82, 2.24) is 5.32 Å². The number of hydrogen-bond acceptors (Lipinski definition) is 4. The van der Waals surface area contributed by atoms with Gasteiger partial charge in [0.15, 0.2) is 0 Å². The number of anilines is 1. The number of hydrogen-bond donors (Lipinski definition) is 2. The number of para-hydroxylation sites is 1. The number of nitrogens with one attached hydrogen (secondary N) is 2. The first kappa shape index (κ1) is 21.6. The number of sulfonamides is 1. The largest absolute Gasteiger partial charge is 0.493 e. The van der Waals surface area contributed by atoms with Crippen molar-refractivity contribution in [2.45, 2.75) is 25.8 Å². The van der Waals surface area contributed by atoms with E-state index in [0.29, 0.717) is 30.7 Å². The molecule has 0 saturated heterocycles. The van der Waals surface area contributed by atoms with Gasteiger partial charge in [0.2, 0.25) is 15.9 Å². The van der Waals surface area contributed by atoms with Gasteiger partial charge >= 0.3 is 0 Å². The second-order valence-electron chi connectivity index (χ2n) is 7.18. The minimum atomic E-state index is -3.40. The number of amides is 1. The molecule has 1 unspecified atom stereocenters. The predicted molar refractivity (Wildman–Crippen MR) is 120 cm³/mol. The number of benzene rings is 3. The van der Waals surface area contributed by atoms with Crippen molar-refractivity contribution in [2.75, 3.05) is 17.6 Å². The third kappa shape index (κ3) is 5.97. The van der Waals surface area contributed by atoms with Crippen LogP contribution in [-0.2, 0) is 14.8 Å². The molecule has 6 nitrogen and oxygen atoms in total. The van der Waals surface area contributed by atoms with Crippen LogP contribution in [0.25, 0.3) is 10.8 Å². The van der Waals surface area contributed by atoms with Gasteiger partial charge in [-0.1, -0.05) is 54.6 Å². The Kier molecular flexibility index (Phi) is 6.95. The van der Waals surface area contributed by atoms with Gasteiger partial charge in [-0.25, -0.2) is 8.42 Å². The first-order valence-corrected chi connectivity index (χ1v) is 11.7.